The predicted octanol–water partition coefficient (Wildman–Crippen LogP) is 1.21. The zero-order valence-electron chi connectivity index (χ0n) is 7.85. The SMILES string of the molecule is COc1c(O)cc2oc(=O)ccc2c1O. The lowest BCUT2D eigenvalue weighted by atomic mass is 10.2. The molecule has 1 aromatic heterocycles. The summed E-state index contributed by atoms with van der Waals surface area (Å²) in [5.74, 6) is -0.579. The molecule has 1 aromatic carbocycles. The summed E-state index contributed by atoms with van der Waals surface area (Å²) in [6.07, 6.45) is 0. The fourth-order valence-corrected chi connectivity index (χ4v) is 1.37. The third-order valence-corrected chi connectivity index (χ3v) is 2.04. The number of rotatable bonds is 1. The predicted molar refractivity (Wildman–Crippen MR) is 52.4 cm³/mol. The lowest BCUT2D eigenvalue weighted by Crippen LogP contribution is -1.95. The minimum atomic E-state index is -0.550. The number of phenolic OH excluding ortho intramolecular Hbond substituents is 2. The van der Waals surface area contributed by atoms with Gasteiger partial charge in [-0.25, -0.2) is 4.79 Å². The van der Waals surface area contributed by atoms with Crippen LogP contribution in [0.25, 0.3) is 11.0 Å². The van der Waals surface area contributed by atoms with Crippen LogP contribution in [0.5, 0.6) is 17.2 Å². The van der Waals surface area contributed by atoms with Gasteiger partial charge in [-0.15, -0.1) is 0 Å². The second-order valence-corrected chi connectivity index (χ2v) is 2.94. The number of aromatic hydroxyl groups is 2. The van der Waals surface area contributed by atoms with Crippen LogP contribution in [0.3, 0.4) is 0 Å². The van der Waals surface area contributed by atoms with E-state index in [1.54, 1.807) is 0 Å². The maximum Gasteiger partial charge on any atom is 0.336 e. The van der Waals surface area contributed by atoms with Crippen molar-refractivity contribution >= 4 is 11.0 Å². The Kier molecular flexibility index (Phi) is 2.00. The summed E-state index contributed by atoms with van der Waals surface area (Å²) < 4.78 is 9.59. The Labute approximate surface area is 84.1 Å². The first-order valence-corrected chi connectivity index (χ1v) is 4.16. The van der Waals surface area contributed by atoms with Crippen molar-refractivity contribution < 1.29 is 19.4 Å². The zero-order chi connectivity index (χ0) is 11.0. The van der Waals surface area contributed by atoms with E-state index >= 15 is 0 Å². The second kappa shape index (κ2) is 3.20. The Hall–Kier alpha value is -2.17. The van der Waals surface area contributed by atoms with Crippen LogP contribution in [0.4, 0.5) is 0 Å². The van der Waals surface area contributed by atoms with Crippen molar-refractivity contribution in [3.8, 4) is 17.2 Å². The molecule has 2 rings (SSSR count). The Morgan fingerprint density at radius 2 is 2.07 bits per heavy atom. The first kappa shape index (κ1) is 9.39. The number of phenols is 2. The molecular weight excluding hydrogens is 200 g/mol. The van der Waals surface area contributed by atoms with Gasteiger partial charge in [-0.1, -0.05) is 0 Å². The van der Waals surface area contributed by atoms with Crippen LogP contribution in [0, 0.1) is 0 Å². The summed E-state index contributed by atoms with van der Waals surface area (Å²) in [6.45, 7) is 0. The Bertz CT molecular complexity index is 570. The quantitative estimate of drug-likeness (QED) is 0.688. The van der Waals surface area contributed by atoms with E-state index in [0.717, 1.165) is 0 Å². The van der Waals surface area contributed by atoms with Crippen LogP contribution in [-0.2, 0) is 0 Å². The fraction of sp³-hybridized carbons (Fsp3) is 0.100. The molecule has 2 N–H and O–H groups in total. The summed E-state index contributed by atoms with van der Waals surface area (Å²) in [5, 5.41) is 19.4. The molecule has 0 aliphatic carbocycles. The van der Waals surface area contributed by atoms with Crippen LogP contribution >= 0.6 is 0 Å². The van der Waals surface area contributed by atoms with Crippen molar-refractivity contribution in [3.63, 3.8) is 0 Å². The highest BCUT2D eigenvalue weighted by Crippen LogP contribution is 2.41. The molecule has 0 aliphatic rings. The molecular formula is C10H8O5. The van der Waals surface area contributed by atoms with Gasteiger partial charge in [0.05, 0.1) is 12.5 Å². The van der Waals surface area contributed by atoms with Crippen LogP contribution < -0.4 is 10.4 Å². The summed E-state index contributed by atoms with van der Waals surface area (Å²) in [4.78, 5) is 10.9. The highest BCUT2D eigenvalue weighted by Gasteiger charge is 2.14. The Morgan fingerprint density at radius 3 is 2.73 bits per heavy atom. The van der Waals surface area contributed by atoms with E-state index in [1.807, 2.05) is 0 Å². The minimum absolute atomic E-state index is 0.0450. The monoisotopic (exact) mass is 208 g/mol. The number of hydrogen-bond donors (Lipinski definition) is 2. The lowest BCUT2D eigenvalue weighted by Gasteiger charge is -2.07. The van der Waals surface area contributed by atoms with Crippen molar-refractivity contribution in [1.82, 2.24) is 0 Å². The molecule has 0 saturated carbocycles. The first-order valence-electron chi connectivity index (χ1n) is 4.16. The average molecular weight is 208 g/mol. The molecule has 78 valence electrons. The number of fused-ring (bicyclic) bond motifs is 1. The number of methoxy groups -OCH3 is 1. The zero-order valence-corrected chi connectivity index (χ0v) is 7.85. The third-order valence-electron chi connectivity index (χ3n) is 2.04. The van der Waals surface area contributed by atoms with Crippen molar-refractivity contribution in [1.29, 1.82) is 0 Å². The van der Waals surface area contributed by atoms with Crippen LogP contribution in [0.2, 0.25) is 0 Å². The summed E-state index contributed by atoms with van der Waals surface area (Å²) in [7, 11) is 1.32. The maximum atomic E-state index is 10.9. The smallest absolute Gasteiger partial charge is 0.336 e. The summed E-state index contributed by atoms with van der Waals surface area (Å²) in [5.41, 5.74) is -0.440. The molecule has 0 radical (unpaired) electrons. The van der Waals surface area contributed by atoms with Gasteiger partial charge in [0.2, 0.25) is 5.75 Å². The van der Waals surface area contributed by atoms with Gasteiger partial charge in [0.25, 0.3) is 0 Å². The molecule has 5 heteroatoms. The van der Waals surface area contributed by atoms with Gasteiger partial charge in [-0.3, -0.25) is 0 Å². The number of hydrogen-bond acceptors (Lipinski definition) is 5. The Morgan fingerprint density at radius 1 is 1.33 bits per heavy atom. The number of benzene rings is 1. The van der Waals surface area contributed by atoms with Crippen molar-refractivity contribution in [2.45, 2.75) is 0 Å². The summed E-state index contributed by atoms with van der Waals surface area (Å²) in [6, 6.07) is 3.80. The van der Waals surface area contributed by atoms with E-state index in [-0.39, 0.29) is 22.8 Å². The topological polar surface area (TPSA) is 79.9 Å². The largest absolute Gasteiger partial charge is 0.504 e. The van der Waals surface area contributed by atoms with Gasteiger partial charge >= 0.3 is 5.63 Å². The van der Waals surface area contributed by atoms with E-state index in [1.165, 1.54) is 25.3 Å². The van der Waals surface area contributed by atoms with Crippen LogP contribution in [0.15, 0.2) is 27.4 Å². The van der Waals surface area contributed by atoms with Crippen molar-refractivity contribution in [3.05, 3.63) is 28.6 Å². The standard InChI is InChI=1S/C10H8O5/c1-14-10-6(11)4-7-5(9(10)13)2-3-8(12)15-7/h2-4,11,13H,1H3. The average Bonchev–Trinajstić information content (AvgIpc) is 2.17. The molecule has 0 fully saturated rings. The lowest BCUT2D eigenvalue weighted by molar-refractivity contribution is 0.346. The van der Waals surface area contributed by atoms with E-state index in [4.69, 9.17) is 9.15 Å². The van der Waals surface area contributed by atoms with E-state index in [2.05, 4.69) is 0 Å². The van der Waals surface area contributed by atoms with E-state index in [0.29, 0.717) is 5.39 Å². The van der Waals surface area contributed by atoms with E-state index in [9.17, 15) is 15.0 Å². The molecule has 0 bridgehead atoms. The molecule has 1 heterocycles. The molecule has 0 saturated heterocycles. The molecule has 2 aromatic rings. The molecule has 0 amide bonds. The number of ether oxygens (including phenoxy) is 1. The highest BCUT2D eigenvalue weighted by atomic mass is 16.5. The first-order chi connectivity index (χ1) is 7.13. The summed E-state index contributed by atoms with van der Waals surface area (Å²) >= 11 is 0. The minimum Gasteiger partial charge on any atom is -0.504 e. The second-order valence-electron chi connectivity index (χ2n) is 2.94. The third kappa shape index (κ3) is 1.38. The fourth-order valence-electron chi connectivity index (χ4n) is 1.37. The van der Waals surface area contributed by atoms with Crippen LogP contribution in [-0.4, -0.2) is 17.3 Å². The maximum absolute atomic E-state index is 10.9. The van der Waals surface area contributed by atoms with Crippen LogP contribution in [0.1, 0.15) is 0 Å². The molecule has 0 atom stereocenters. The van der Waals surface area contributed by atoms with Gasteiger partial charge in [-0.05, 0) is 6.07 Å². The van der Waals surface area contributed by atoms with Gasteiger partial charge < -0.3 is 19.4 Å². The molecule has 5 nitrogen and oxygen atoms in total. The van der Waals surface area contributed by atoms with Crippen molar-refractivity contribution in [2.24, 2.45) is 0 Å². The van der Waals surface area contributed by atoms with Crippen molar-refractivity contribution in [2.75, 3.05) is 7.11 Å². The van der Waals surface area contributed by atoms with Gasteiger partial charge in [0.1, 0.15) is 5.58 Å². The molecule has 0 unspecified atom stereocenters. The molecule has 0 spiro atoms. The van der Waals surface area contributed by atoms with E-state index < -0.39 is 5.63 Å². The molecule has 0 aliphatic heterocycles. The Balaban J connectivity index is 2.90. The van der Waals surface area contributed by atoms with Gasteiger partial charge in [0.15, 0.2) is 11.5 Å². The van der Waals surface area contributed by atoms with Gasteiger partial charge in [-0.2, -0.15) is 0 Å². The van der Waals surface area contributed by atoms with Gasteiger partial charge in [0, 0.05) is 12.1 Å². The molecule has 15 heavy (non-hydrogen) atoms. The highest BCUT2D eigenvalue weighted by molar-refractivity contribution is 5.88. The normalized spacial score (nSPS) is 10.5.